The summed E-state index contributed by atoms with van der Waals surface area (Å²) in [6, 6.07) is 15.1. The van der Waals surface area contributed by atoms with Crippen molar-refractivity contribution in [1.29, 1.82) is 0 Å². The van der Waals surface area contributed by atoms with Crippen molar-refractivity contribution >= 4 is 39.3 Å². The maximum Gasteiger partial charge on any atom is 0.261 e. The number of para-hydroxylation sites is 1. The molecule has 1 aliphatic heterocycles. The molecule has 1 aliphatic rings. The molecule has 0 atom stereocenters. The van der Waals surface area contributed by atoms with Crippen LogP contribution in [0.4, 0.5) is 5.13 Å². The third-order valence-electron chi connectivity index (χ3n) is 5.22. The molecule has 30 heavy (non-hydrogen) atoms. The Morgan fingerprint density at radius 1 is 1.10 bits per heavy atom. The number of rotatable bonds is 5. The van der Waals surface area contributed by atoms with E-state index in [1.807, 2.05) is 53.4 Å². The number of hydrogen-bond donors (Lipinski definition) is 1. The number of fused-ring (bicyclic) bond motifs is 1. The summed E-state index contributed by atoms with van der Waals surface area (Å²) >= 11 is 1.44. The number of aromatic nitrogens is 1. The van der Waals surface area contributed by atoms with Crippen LogP contribution in [0, 0.1) is 0 Å². The zero-order valence-corrected chi connectivity index (χ0v) is 16.9. The van der Waals surface area contributed by atoms with Gasteiger partial charge in [0.2, 0.25) is 0 Å². The molecule has 3 heterocycles. The normalized spacial score (nSPS) is 13.3. The molecule has 2 amide bonds. The Morgan fingerprint density at radius 2 is 1.90 bits per heavy atom. The lowest BCUT2D eigenvalue weighted by Crippen LogP contribution is -2.41. The molecule has 0 saturated carbocycles. The third kappa shape index (κ3) is 3.59. The van der Waals surface area contributed by atoms with Crippen LogP contribution in [0.5, 0.6) is 0 Å². The predicted octanol–water partition coefficient (Wildman–Crippen LogP) is 4.58. The van der Waals surface area contributed by atoms with E-state index in [2.05, 4.69) is 10.3 Å². The number of hydrogen-bond acceptors (Lipinski definition) is 5. The number of nitrogens with one attached hydrogen (secondary N) is 1. The van der Waals surface area contributed by atoms with Gasteiger partial charge in [-0.15, -0.1) is 11.3 Å². The Kier molecular flexibility index (Phi) is 4.80. The molecule has 2 aromatic carbocycles. The van der Waals surface area contributed by atoms with E-state index < -0.39 is 0 Å². The highest BCUT2D eigenvalue weighted by Gasteiger charge is 2.21. The van der Waals surface area contributed by atoms with Crippen molar-refractivity contribution in [2.24, 2.45) is 0 Å². The number of carbonyl (C=O) groups is 2. The Bertz CT molecular complexity index is 1220. The van der Waals surface area contributed by atoms with Crippen molar-refractivity contribution in [3.63, 3.8) is 0 Å². The molecule has 1 fully saturated rings. The SMILES string of the molecule is O=C(Nc1ncc(Cc2ccc(C(=O)N3CCC3)cc2)s1)c1coc2ccccc12. The average Bonchev–Trinajstić information content (AvgIpc) is 3.34. The highest BCUT2D eigenvalue weighted by molar-refractivity contribution is 7.15. The summed E-state index contributed by atoms with van der Waals surface area (Å²) in [5.41, 5.74) is 2.99. The Labute approximate surface area is 177 Å². The van der Waals surface area contributed by atoms with Gasteiger partial charge in [-0.1, -0.05) is 30.3 Å². The van der Waals surface area contributed by atoms with Crippen LogP contribution >= 0.6 is 11.3 Å². The lowest BCUT2D eigenvalue weighted by atomic mass is 10.1. The van der Waals surface area contributed by atoms with Gasteiger partial charge in [0, 0.05) is 41.5 Å². The van der Waals surface area contributed by atoms with Crippen molar-refractivity contribution in [3.8, 4) is 0 Å². The molecule has 5 rings (SSSR count). The number of nitrogens with zero attached hydrogens (tertiary/aromatic N) is 2. The minimum absolute atomic E-state index is 0.0994. The van der Waals surface area contributed by atoms with Gasteiger partial charge in [0.25, 0.3) is 11.8 Å². The van der Waals surface area contributed by atoms with Gasteiger partial charge in [-0.2, -0.15) is 0 Å². The fraction of sp³-hybridized carbons (Fsp3) is 0.174. The average molecular weight is 417 g/mol. The van der Waals surface area contributed by atoms with Crippen molar-refractivity contribution in [2.75, 3.05) is 18.4 Å². The zero-order valence-electron chi connectivity index (χ0n) is 16.1. The number of benzene rings is 2. The van der Waals surface area contributed by atoms with E-state index in [4.69, 9.17) is 4.42 Å². The summed E-state index contributed by atoms with van der Waals surface area (Å²) in [4.78, 5) is 32.1. The number of furan rings is 1. The van der Waals surface area contributed by atoms with Gasteiger partial charge in [0.1, 0.15) is 11.8 Å². The van der Waals surface area contributed by atoms with Crippen molar-refractivity contribution < 1.29 is 14.0 Å². The predicted molar refractivity (Wildman–Crippen MR) is 116 cm³/mol. The van der Waals surface area contributed by atoms with Gasteiger partial charge in [0.15, 0.2) is 5.13 Å². The summed E-state index contributed by atoms with van der Waals surface area (Å²) in [6.07, 6.45) is 5.02. The van der Waals surface area contributed by atoms with Crippen molar-refractivity contribution in [2.45, 2.75) is 12.8 Å². The summed E-state index contributed by atoms with van der Waals surface area (Å²) in [7, 11) is 0. The minimum Gasteiger partial charge on any atom is -0.463 e. The molecule has 4 aromatic rings. The van der Waals surface area contributed by atoms with E-state index in [1.54, 1.807) is 6.20 Å². The molecule has 0 unspecified atom stereocenters. The Balaban J connectivity index is 1.24. The van der Waals surface area contributed by atoms with Gasteiger partial charge < -0.3 is 9.32 Å². The van der Waals surface area contributed by atoms with E-state index in [1.165, 1.54) is 17.6 Å². The van der Waals surface area contributed by atoms with Gasteiger partial charge in [-0.3, -0.25) is 14.9 Å². The molecule has 2 aromatic heterocycles. The molecule has 150 valence electrons. The second-order valence-corrected chi connectivity index (χ2v) is 8.37. The number of amides is 2. The summed E-state index contributed by atoms with van der Waals surface area (Å²) < 4.78 is 5.44. The molecular formula is C23H19N3O3S. The maximum absolute atomic E-state index is 12.6. The van der Waals surface area contributed by atoms with Crippen LogP contribution < -0.4 is 5.32 Å². The second-order valence-electron chi connectivity index (χ2n) is 7.25. The molecule has 0 aliphatic carbocycles. The number of carbonyl (C=O) groups excluding carboxylic acids is 2. The van der Waals surface area contributed by atoms with E-state index in [9.17, 15) is 9.59 Å². The van der Waals surface area contributed by atoms with E-state index in [-0.39, 0.29) is 11.8 Å². The lowest BCUT2D eigenvalue weighted by Gasteiger charge is -2.30. The molecule has 1 N–H and O–H groups in total. The Hall–Kier alpha value is -3.45. The zero-order chi connectivity index (χ0) is 20.5. The van der Waals surface area contributed by atoms with Crippen LogP contribution in [0.1, 0.15) is 37.6 Å². The lowest BCUT2D eigenvalue weighted by molar-refractivity contribution is 0.0651. The van der Waals surface area contributed by atoms with Crippen molar-refractivity contribution in [3.05, 3.63) is 82.6 Å². The summed E-state index contributed by atoms with van der Waals surface area (Å²) in [6.45, 7) is 1.70. The largest absolute Gasteiger partial charge is 0.463 e. The first-order valence-electron chi connectivity index (χ1n) is 9.78. The summed E-state index contributed by atoms with van der Waals surface area (Å²) in [5, 5.41) is 4.17. The van der Waals surface area contributed by atoms with E-state index in [0.29, 0.717) is 22.7 Å². The first-order chi connectivity index (χ1) is 14.7. The highest BCUT2D eigenvalue weighted by atomic mass is 32.1. The van der Waals surface area contributed by atoms with Gasteiger partial charge in [0.05, 0.1) is 5.56 Å². The number of thiazole rings is 1. The monoisotopic (exact) mass is 417 g/mol. The molecule has 0 spiro atoms. The smallest absolute Gasteiger partial charge is 0.261 e. The third-order valence-corrected chi connectivity index (χ3v) is 6.13. The standard InChI is InChI=1S/C23H19N3O3S/c27-21(19-14-29-20-5-2-1-4-18(19)20)25-23-24-13-17(30-23)12-15-6-8-16(9-7-15)22(28)26-10-3-11-26/h1-2,4-9,13-14H,3,10-12H2,(H,24,25,27). The first-order valence-corrected chi connectivity index (χ1v) is 10.6. The van der Waals surface area contributed by atoms with Crippen LogP contribution in [0.2, 0.25) is 0 Å². The van der Waals surface area contributed by atoms with Gasteiger partial charge in [-0.25, -0.2) is 4.98 Å². The molecule has 0 bridgehead atoms. The highest BCUT2D eigenvalue weighted by Crippen LogP contribution is 2.25. The number of likely N-dealkylation sites (tertiary alicyclic amines) is 1. The molecule has 7 heteroatoms. The van der Waals surface area contributed by atoms with Crippen LogP contribution in [0.15, 0.2) is 65.4 Å². The van der Waals surface area contributed by atoms with Crippen LogP contribution in [0.25, 0.3) is 11.0 Å². The molecular weight excluding hydrogens is 398 g/mol. The van der Waals surface area contributed by atoms with Crippen LogP contribution in [-0.2, 0) is 6.42 Å². The molecule has 6 nitrogen and oxygen atoms in total. The van der Waals surface area contributed by atoms with Crippen molar-refractivity contribution in [1.82, 2.24) is 9.88 Å². The minimum atomic E-state index is -0.241. The first kappa shape index (κ1) is 18.6. The topological polar surface area (TPSA) is 75.4 Å². The fourth-order valence-corrected chi connectivity index (χ4v) is 4.28. The Morgan fingerprint density at radius 3 is 2.67 bits per heavy atom. The van der Waals surface area contributed by atoms with Gasteiger partial charge in [-0.05, 0) is 30.2 Å². The number of anilines is 1. The fourth-order valence-electron chi connectivity index (χ4n) is 3.43. The molecule has 1 saturated heterocycles. The second kappa shape index (κ2) is 7.76. The molecule has 0 radical (unpaired) electrons. The van der Waals surface area contributed by atoms with E-state index in [0.717, 1.165) is 40.9 Å². The quantitative estimate of drug-likeness (QED) is 0.516. The van der Waals surface area contributed by atoms with Crippen LogP contribution in [0.3, 0.4) is 0 Å². The van der Waals surface area contributed by atoms with Gasteiger partial charge >= 0.3 is 0 Å². The van der Waals surface area contributed by atoms with Crippen LogP contribution in [-0.4, -0.2) is 34.8 Å². The van der Waals surface area contributed by atoms with E-state index >= 15 is 0 Å². The summed E-state index contributed by atoms with van der Waals surface area (Å²) in [5.74, 6) is -0.142. The maximum atomic E-state index is 12.6.